The third-order valence-corrected chi connectivity index (χ3v) is 4.00. The van der Waals surface area contributed by atoms with E-state index in [-0.39, 0.29) is 5.82 Å². The molecular weight excluding hydrogens is 313 g/mol. The van der Waals surface area contributed by atoms with Gasteiger partial charge in [0.15, 0.2) is 0 Å². The van der Waals surface area contributed by atoms with Crippen LogP contribution in [-0.4, -0.2) is 6.54 Å². The van der Waals surface area contributed by atoms with Crippen molar-refractivity contribution in [3.8, 4) is 5.75 Å². The number of benzene rings is 3. The fourth-order valence-corrected chi connectivity index (χ4v) is 2.64. The highest BCUT2D eigenvalue weighted by molar-refractivity contribution is 5.29. The first-order valence-electron chi connectivity index (χ1n) is 8.51. The summed E-state index contributed by atoms with van der Waals surface area (Å²) in [5, 5.41) is 3.36. The van der Waals surface area contributed by atoms with E-state index in [2.05, 4.69) is 11.4 Å². The Labute approximate surface area is 148 Å². The molecule has 0 spiro atoms. The van der Waals surface area contributed by atoms with Crippen LogP contribution in [0.2, 0.25) is 0 Å². The monoisotopic (exact) mass is 335 g/mol. The van der Waals surface area contributed by atoms with Crippen molar-refractivity contribution < 1.29 is 9.13 Å². The number of nitrogens with one attached hydrogen (secondary N) is 1. The molecule has 1 N–H and O–H groups in total. The van der Waals surface area contributed by atoms with Crippen LogP contribution in [-0.2, 0) is 19.6 Å². The van der Waals surface area contributed by atoms with Crippen molar-refractivity contribution >= 4 is 0 Å². The fraction of sp³-hybridized carbons (Fsp3) is 0.182. The van der Waals surface area contributed by atoms with Gasteiger partial charge in [-0.25, -0.2) is 4.39 Å². The molecule has 0 fully saturated rings. The normalized spacial score (nSPS) is 10.6. The lowest BCUT2D eigenvalue weighted by molar-refractivity contribution is 0.306. The zero-order valence-electron chi connectivity index (χ0n) is 14.1. The summed E-state index contributed by atoms with van der Waals surface area (Å²) in [5.74, 6) is 0.720. The Balaban J connectivity index is 1.46. The zero-order valence-corrected chi connectivity index (χ0v) is 14.1. The molecule has 0 heterocycles. The molecule has 0 atom stereocenters. The van der Waals surface area contributed by atoms with Gasteiger partial charge in [-0.2, -0.15) is 0 Å². The van der Waals surface area contributed by atoms with Crippen molar-refractivity contribution in [1.29, 1.82) is 0 Å². The quantitative estimate of drug-likeness (QED) is 0.601. The molecule has 0 amide bonds. The van der Waals surface area contributed by atoms with Gasteiger partial charge in [-0.3, -0.25) is 0 Å². The lowest BCUT2D eigenvalue weighted by Crippen LogP contribution is -2.17. The summed E-state index contributed by atoms with van der Waals surface area (Å²) < 4.78 is 19.4. The number of ether oxygens (including phenoxy) is 1. The van der Waals surface area contributed by atoms with E-state index in [1.54, 1.807) is 6.07 Å². The first kappa shape index (κ1) is 17.2. The van der Waals surface area contributed by atoms with Crippen LogP contribution < -0.4 is 10.1 Å². The summed E-state index contributed by atoms with van der Waals surface area (Å²) in [4.78, 5) is 0. The maximum absolute atomic E-state index is 13.6. The minimum Gasteiger partial charge on any atom is -0.489 e. The van der Waals surface area contributed by atoms with Gasteiger partial charge < -0.3 is 10.1 Å². The van der Waals surface area contributed by atoms with E-state index in [0.717, 1.165) is 35.5 Å². The lowest BCUT2D eigenvalue weighted by Gasteiger charge is -2.09. The Bertz CT molecular complexity index is 789. The number of rotatable bonds is 8. The Morgan fingerprint density at radius 2 is 1.56 bits per heavy atom. The average Bonchev–Trinajstić information content (AvgIpc) is 2.66. The van der Waals surface area contributed by atoms with E-state index in [1.165, 1.54) is 6.07 Å². The molecule has 3 aromatic rings. The maximum atomic E-state index is 13.6. The van der Waals surface area contributed by atoms with Gasteiger partial charge in [-0.15, -0.1) is 0 Å². The minimum atomic E-state index is -0.138. The van der Waals surface area contributed by atoms with Crippen LogP contribution in [0.4, 0.5) is 4.39 Å². The summed E-state index contributed by atoms with van der Waals surface area (Å²) in [7, 11) is 0. The maximum Gasteiger partial charge on any atom is 0.126 e. The van der Waals surface area contributed by atoms with Gasteiger partial charge in [0.25, 0.3) is 0 Å². The van der Waals surface area contributed by atoms with Gasteiger partial charge in [-0.05, 0) is 47.9 Å². The second-order valence-electron chi connectivity index (χ2n) is 5.94. The molecule has 0 saturated heterocycles. The second-order valence-corrected chi connectivity index (χ2v) is 5.94. The van der Waals surface area contributed by atoms with E-state index in [9.17, 15) is 4.39 Å². The molecule has 0 bridgehead atoms. The van der Waals surface area contributed by atoms with E-state index in [1.807, 2.05) is 60.7 Å². The predicted octanol–water partition coefficient (Wildman–Crippen LogP) is 4.74. The van der Waals surface area contributed by atoms with Gasteiger partial charge in [-0.1, -0.05) is 60.7 Å². The number of hydrogen-bond acceptors (Lipinski definition) is 2. The molecule has 0 radical (unpaired) electrons. The van der Waals surface area contributed by atoms with Crippen LogP contribution in [0.3, 0.4) is 0 Å². The third-order valence-electron chi connectivity index (χ3n) is 4.00. The molecule has 0 aromatic heterocycles. The van der Waals surface area contributed by atoms with Crippen molar-refractivity contribution in [1.82, 2.24) is 5.32 Å². The van der Waals surface area contributed by atoms with Gasteiger partial charge in [0.05, 0.1) is 0 Å². The van der Waals surface area contributed by atoms with Gasteiger partial charge in [0.2, 0.25) is 0 Å². The molecule has 128 valence electrons. The van der Waals surface area contributed by atoms with Crippen molar-refractivity contribution in [2.45, 2.75) is 19.6 Å². The smallest absolute Gasteiger partial charge is 0.126 e. The summed E-state index contributed by atoms with van der Waals surface area (Å²) in [6.07, 6.45) is 0.677. The molecule has 3 aromatic carbocycles. The molecule has 25 heavy (non-hydrogen) atoms. The predicted molar refractivity (Wildman–Crippen MR) is 99.0 cm³/mol. The second kappa shape index (κ2) is 9.00. The summed E-state index contributed by atoms with van der Waals surface area (Å²) >= 11 is 0. The van der Waals surface area contributed by atoms with Crippen LogP contribution in [0.15, 0.2) is 78.9 Å². The largest absolute Gasteiger partial charge is 0.489 e. The molecule has 3 rings (SSSR count). The van der Waals surface area contributed by atoms with Crippen molar-refractivity contribution in [3.63, 3.8) is 0 Å². The highest BCUT2D eigenvalue weighted by Gasteiger charge is 2.01. The summed E-state index contributed by atoms with van der Waals surface area (Å²) in [6, 6.07) is 25.1. The highest BCUT2D eigenvalue weighted by Crippen LogP contribution is 2.15. The average molecular weight is 335 g/mol. The van der Waals surface area contributed by atoms with E-state index in [4.69, 9.17) is 4.74 Å². The Morgan fingerprint density at radius 3 is 2.40 bits per heavy atom. The number of halogens is 1. The molecule has 0 aliphatic heterocycles. The standard InChI is InChI=1S/C22H22FNO/c23-22-12-5-4-10-20(22)13-14-24-16-19-9-6-11-21(15-19)25-17-18-7-2-1-3-8-18/h1-12,15,24H,13-14,16-17H2. The van der Waals surface area contributed by atoms with E-state index in [0.29, 0.717) is 13.0 Å². The lowest BCUT2D eigenvalue weighted by atomic mass is 10.1. The molecule has 0 saturated carbocycles. The SMILES string of the molecule is Fc1ccccc1CCNCc1cccc(OCc2ccccc2)c1. The van der Waals surface area contributed by atoms with Crippen LogP contribution in [0.5, 0.6) is 5.75 Å². The van der Waals surface area contributed by atoms with Crippen LogP contribution in [0.25, 0.3) is 0 Å². The van der Waals surface area contributed by atoms with Gasteiger partial charge >= 0.3 is 0 Å². The van der Waals surface area contributed by atoms with Crippen LogP contribution in [0, 0.1) is 5.82 Å². The van der Waals surface area contributed by atoms with Gasteiger partial charge in [0, 0.05) is 6.54 Å². The highest BCUT2D eigenvalue weighted by atomic mass is 19.1. The van der Waals surface area contributed by atoms with E-state index >= 15 is 0 Å². The summed E-state index contributed by atoms with van der Waals surface area (Å²) in [5.41, 5.74) is 3.05. The fourth-order valence-electron chi connectivity index (χ4n) is 2.64. The molecular formula is C22H22FNO. The summed E-state index contributed by atoms with van der Waals surface area (Å²) in [6.45, 7) is 2.03. The topological polar surface area (TPSA) is 21.3 Å². The van der Waals surface area contributed by atoms with Crippen LogP contribution in [0.1, 0.15) is 16.7 Å². The van der Waals surface area contributed by atoms with Crippen molar-refractivity contribution in [3.05, 3.63) is 101 Å². The zero-order chi connectivity index (χ0) is 17.3. The Hall–Kier alpha value is -2.65. The third kappa shape index (κ3) is 5.44. The number of hydrogen-bond donors (Lipinski definition) is 1. The molecule has 2 nitrogen and oxygen atoms in total. The Kier molecular flexibility index (Phi) is 6.18. The first-order chi connectivity index (χ1) is 12.3. The van der Waals surface area contributed by atoms with Crippen LogP contribution >= 0.6 is 0 Å². The van der Waals surface area contributed by atoms with Crippen molar-refractivity contribution in [2.24, 2.45) is 0 Å². The molecule has 3 heteroatoms. The van der Waals surface area contributed by atoms with E-state index < -0.39 is 0 Å². The molecule has 0 aliphatic carbocycles. The van der Waals surface area contributed by atoms with Gasteiger partial charge in [0.1, 0.15) is 18.2 Å². The first-order valence-corrected chi connectivity index (χ1v) is 8.51. The Morgan fingerprint density at radius 1 is 0.800 bits per heavy atom. The molecule has 0 unspecified atom stereocenters. The van der Waals surface area contributed by atoms with Crippen molar-refractivity contribution in [2.75, 3.05) is 6.54 Å². The minimum absolute atomic E-state index is 0.138. The molecule has 0 aliphatic rings.